The summed E-state index contributed by atoms with van der Waals surface area (Å²) in [5.41, 5.74) is 0.782. The molecule has 0 spiro atoms. The largest absolute Gasteiger partial charge is 0.478 e. The molecule has 0 aliphatic carbocycles. The summed E-state index contributed by atoms with van der Waals surface area (Å²) in [5.74, 6) is -0.439. The van der Waals surface area contributed by atoms with E-state index in [4.69, 9.17) is 0 Å². The molecule has 0 bridgehead atoms. The Bertz CT molecular complexity index is 584. The number of carbonyl (C=O) groups is 1. The predicted molar refractivity (Wildman–Crippen MR) is 71.2 cm³/mol. The van der Waals surface area contributed by atoms with Gasteiger partial charge in [-0.25, -0.2) is 18.2 Å². The molecule has 6 nitrogen and oxygen atoms in total. The van der Waals surface area contributed by atoms with Crippen LogP contribution in [0.5, 0.6) is 0 Å². The maximum absolute atomic E-state index is 11.3. The van der Waals surface area contributed by atoms with Crippen molar-refractivity contribution in [3.05, 3.63) is 23.4 Å². The summed E-state index contributed by atoms with van der Waals surface area (Å²) in [4.78, 5) is 15.3. The van der Waals surface area contributed by atoms with E-state index < -0.39 is 15.8 Å². The summed E-state index contributed by atoms with van der Waals surface area (Å²) in [7, 11) is -2.92. The molecular weight excluding hydrogens is 268 g/mol. The van der Waals surface area contributed by atoms with Crippen LogP contribution in [0.3, 0.4) is 0 Å². The first-order valence-electron chi connectivity index (χ1n) is 6.05. The monoisotopic (exact) mass is 284 g/mol. The highest BCUT2D eigenvalue weighted by Crippen LogP contribution is 2.21. The lowest BCUT2D eigenvalue weighted by atomic mass is 10.1. The molecule has 0 saturated carbocycles. The Morgan fingerprint density at radius 2 is 2.05 bits per heavy atom. The molecule has 1 aliphatic heterocycles. The summed E-state index contributed by atoms with van der Waals surface area (Å²) in [5, 5.41) is 12.2. The summed E-state index contributed by atoms with van der Waals surface area (Å²) in [6.45, 7) is 1.71. The van der Waals surface area contributed by atoms with Crippen LogP contribution < -0.4 is 5.32 Å². The summed E-state index contributed by atoms with van der Waals surface area (Å²) < 4.78 is 22.7. The highest BCUT2D eigenvalue weighted by molar-refractivity contribution is 7.91. The third kappa shape index (κ3) is 3.23. The van der Waals surface area contributed by atoms with Gasteiger partial charge in [-0.2, -0.15) is 0 Å². The number of aromatic nitrogens is 1. The SMILES string of the molecule is Cc1ccnc(NC2CCS(=O)(=O)CC2)c1C(=O)O. The average molecular weight is 284 g/mol. The van der Waals surface area contributed by atoms with Gasteiger partial charge in [0.2, 0.25) is 0 Å². The number of aromatic carboxylic acids is 1. The zero-order chi connectivity index (χ0) is 14.0. The first-order valence-corrected chi connectivity index (χ1v) is 7.87. The summed E-state index contributed by atoms with van der Waals surface area (Å²) >= 11 is 0. The van der Waals surface area contributed by atoms with Gasteiger partial charge in [-0.1, -0.05) is 0 Å². The molecular formula is C12H16N2O4S. The third-order valence-corrected chi connectivity index (χ3v) is 4.98. The van der Waals surface area contributed by atoms with Crippen LogP contribution in [-0.4, -0.2) is 42.0 Å². The van der Waals surface area contributed by atoms with Crippen LogP contribution >= 0.6 is 0 Å². The van der Waals surface area contributed by atoms with Crippen molar-refractivity contribution >= 4 is 21.6 Å². The first kappa shape index (κ1) is 13.8. The highest BCUT2D eigenvalue weighted by Gasteiger charge is 2.25. The van der Waals surface area contributed by atoms with Gasteiger partial charge in [0.15, 0.2) is 0 Å². The standard InChI is InChI=1S/C12H16N2O4S/c1-8-2-5-13-11(10(8)12(15)16)14-9-3-6-19(17,18)7-4-9/h2,5,9H,3-4,6-7H2,1H3,(H,13,14)(H,15,16). The Labute approximate surface area is 111 Å². The molecule has 1 aromatic heterocycles. The van der Waals surface area contributed by atoms with Crippen molar-refractivity contribution in [1.82, 2.24) is 4.98 Å². The van der Waals surface area contributed by atoms with E-state index >= 15 is 0 Å². The minimum Gasteiger partial charge on any atom is -0.478 e. The number of hydrogen-bond donors (Lipinski definition) is 2. The number of rotatable bonds is 3. The number of nitrogens with one attached hydrogen (secondary N) is 1. The maximum atomic E-state index is 11.3. The molecule has 0 atom stereocenters. The molecule has 1 saturated heterocycles. The second-order valence-corrected chi connectivity index (χ2v) is 7.03. The van der Waals surface area contributed by atoms with Gasteiger partial charge in [-0.15, -0.1) is 0 Å². The zero-order valence-electron chi connectivity index (χ0n) is 10.6. The van der Waals surface area contributed by atoms with E-state index in [0.29, 0.717) is 24.2 Å². The zero-order valence-corrected chi connectivity index (χ0v) is 11.4. The fourth-order valence-electron chi connectivity index (χ4n) is 2.17. The van der Waals surface area contributed by atoms with Gasteiger partial charge in [0.25, 0.3) is 0 Å². The number of carboxylic acids is 1. The number of anilines is 1. The summed E-state index contributed by atoms with van der Waals surface area (Å²) in [6.07, 6.45) is 2.51. The first-order chi connectivity index (χ1) is 8.89. The quantitative estimate of drug-likeness (QED) is 0.862. The van der Waals surface area contributed by atoms with E-state index in [-0.39, 0.29) is 23.1 Å². The fraction of sp³-hybridized carbons (Fsp3) is 0.500. The van der Waals surface area contributed by atoms with Crippen molar-refractivity contribution in [2.24, 2.45) is 0 Å². The van der Waals surface area contributed by atoms with Crippen molar-refractivity contribution in [3.63, 3.8) is 0 Å². The van der Waals surface area contributed by atoms with Gasteiger partial charge >= 0.3 is 5.97 Å². The van der Waals surface area contributed by atoms with Gasteiger partial charge in [0, 0.05) is 12.2 Å². The van der Waals surface area contributed by atoms with E-state index in [1.165, 1.54) is 0 Å². The molecule has 0 aromatic carbocycles. The molecule has 2 N–H and O–H groups in total. The lowest BCUT2D eigenvalue weighted by molar-refractivity contribution is 0.0696. The van der Waals surface area contributed by atoms with Gasteiger partial charge in [0.05, 0.1) is 11.5 Å². The van der Waals surface area contributed by atoms with Crippen molar-refractivity contribution in [2.75, 3.05) is 16.8 Å². The van der Waals surface area contributed by atoms with Crippen LogP contribution in [0.15, 0.2) is 12.3 Å². The Balaban J connectivity index is 2.16. The Morgan fingerprint density at radius 3 is 2.63 bits per heavy atom. The van der Waals surface area contributed by atoms with Gasteiger partial charge in [0.1, 0.15) is 21.2 Å². The molecule has 0 unspecified atom stereocenters. The Morgan fingerprint density at radius 1 is 1.42 bits per heavy atom. The molecule has 7 heteroatoms. The maximum Gasteiger partial charge on any atom is 0.339 e. The molecule has 0 radical (unpaired) electrons. The van der Waals surface area contributed by atoms with Crippen molar-refractivity contribution < 1.29 is 18.3 Å². The minimum atomic E-state index is -2.92. The van der Waals surface area contributed by atoms with Gasteiger partial charge < -0.3 is 10.4 Å². The molecule has 2 heterocycles. The molecule has 104 valence electrons. The van der Waals surface area contributed by atoms with Crippen LogP contribution in [-0.2, 0) is 9.84 Å². The van der Waals surface area contributed by atoms with E-state index in [2.05, 4.69) is 10.3 Å². The number of sulfone groups is 1. The van der Waals surface area contributed by atoms with Gasteiger partial charge in [-0.3, -0.25) is 0 Å². The van der Waals surface area contributed by atoms with Crippen LogP contribution in [0.2, 0.25) is 0 Å². The molecule has 1 aromatic rings. The highest BCUT2D eigenvalue weighted by atomic mass is 32.2. The Kier molecular flexibility index (Phi) is 3.75. The molecule has 19 heavy (non-hydrogen) atoms. The number of aryl methyl sites for hydroxylation is 1. The van der Waals surface area contributed by atoms with Crippen LogP contribution in [0, 0.1) is 6.92 Å². The number of pyridine rings is 1. The van der Waals surface area contributed by atoms with E-state index in [0.717, 1.165) is 0 Å². The van der Waals surface area contributed by atoms with E-state index in [1.54, 1.807) is 19.2 Å². The van der Waals surface area contributed by atoms with Crippen molar-refractivity contribution in [2.45, 2.75) is 25.8 Å². The lowest BCUT2D eigenvalue weighted by Crippen LogP contribution is -2.33. The Hall–Kier alpha value is -1.63. The third-order valence-electron chi connectivity index (χ3n) is 3.27. The number of nitrogens with zero attached hydrogens (tertiary/aromatic N) is 1. The lowest BCUT2D eigenvalue weighted by Gasteiger charge is -2.24. The van der Waals surface area contributed by atoms with E-state index in [9.17, 15) is 18.3 Å². The minimum absolute atomic E-state index is 0.0454. The molecule has 1 aliphatic rings. The van der Waals surface area contributed by atoms with Crippen LogP contribution in [0.25, 0.3) is 0 Å². The van der Waals surface area contributed by atoms with Crippen molar-refractivity contribution in [1.29, 1.82) is 0 Å². The second-order valence-electron chi connectivity index (χ2n) is 4.73. The average Bonchev–Trinajstić information content (AvgIpc) is 2.31. The number of hydrogen-bond acceptors (Lipinski definition) is 5. The van der Waals surface area contributed by atoms with Crippen LogP contribution in [0.1, 0.15) is 28.8 Å². The van der Waals surface area contributed by atoms with Crippen molar-refractivity contribution in [3.8, 4) is 0 Å². The molecule has 1 fully saturated rings. The second kappa shape index (κ2) is 5.16. The topological polar surface area (TPSA) is 96.4 Å². The number of carboxylic acid groups (broad SMARTS) is 1. The molecule has 2 rings (SSSR count). The predicted octanol–water partition coefficient (Wildman–Crippen LogP) is 1.08. The molecule has 0 amide bonds. The smallest absolute Gasteiger partial charge is 0.339 e. The van der Waals surface area contributed by atoms with E-state index in [1.807, 2.05) is 0 Å². The fourth-order valence-corrected chi connectivity index (χ4v) is 3.66. The van der Waals surface area contributed by atoms with Gasteiger partial charge in [-0.05, 0) is 31.4 Å². The van der Waals surface area contributed by atoms with Crippen LogP contribution in [0.4, 0.5) is 5.82 Å². The summed E-state index contributed by atoms with van der Waals surface area (Å²) in [6, 6.07) is 1.59. The normalized spacial score (nSPS) is 19.0.